The molecule has 9 aromatic rings. The van der Waals surface area contributed by atoms with Crippen molar-refractivity contribution in [2.24, 2.45) is 0 Å². The van der Waals surface area contributed by atoms with E-state index in [2.05, 4.69) is 168 Å². The molecule has 0 amide bonds. The number of fused-ring (bicyclic) bond motifs is 15. The Balaban J connectivity index is 1.35. The topological polar surface area (TPSA) is 4.93 Å². The Kier molecular flexibility index (Phi) is 5.04. The lowest BCUT2D eigenvalue weighted by atomic mass is 9.67. The predicted molar refractivity (Wildman–Crippen MR) is 197 cm³/mol. The second-order valence-electron chi connectivity index (χ2n) is 12.8. The monoisotopic (exact) mass is 613 g/mol. The summed E-state index contributed by atoms with van der Waals surface area (Å²) in [5.41, 5.74) is 11.5. The quantitative estimate of drug-likeness (QED) is 0.178. The fourth-order valence-corrected chi connectivity index (χ4v) is 9.99. The van der Waals surface area contributed by atoms with Crippen LogP contribution in [-0.2, 0) is 5.41 Å². The fraction of sp³-hybridized carbons (Fsp3) is 0.0222. The van der Waals surface area contributed by atoms with Crippen molar-refractivity contribution in [1.29, 1.82) is 0 Å². The van der Waals surface area contributed by atoms with Gasteiger partial charge in [-0.05, 0) is 68.4 Å². The van der Waals surface area contributed by atoms with E-state index in [9.17, 15) is 0 Å². The molecule has 8 aromatic carbocycles. The maximum atomic E-state index is 2.55. The molecule has 0 bridgehead atoms. The molecule has 1 spiro atoms. The molecule has 0 saturated carbocycles. The van der Waals surface area contributed by atoms with Gasteiger partial charge in [-0.2, -0.15) is 0 Å². The van der Waals surface area contributed by atoms with Crippen molar-refractivity contribution in [3.05, 3.63) is 186 Å². The first-order valence-electron chi connectivity index (χ1n) is 16.3. The molecule has 0 fully saturated rings. The highest BCUT2D eigenvalue weighted by molar-refractivity contribution is 7.99. The smallest absolute Gasteiger partial charge is 0.0735 e. The summed E-state index contributed by atoms with van der Waals surface area (Å²) in [6, 6.07) is 61.2. The lowest BCUT2D eigenvalue weighted by Gasteiger charge is -2.39. The average molecular weight is 614 g/mol. The van der Waals surface area contributed by atoms with Crippen molar-refractivity contribution in [1.82, 2.24) is 4.57 Å². The molecular formula is C45H27NS. The Labute approximate surface area is 276 Å². The van der Waals surface area contributed by atoms with E-state index in [4.69, 9.17) is 0 Å². The van der Waals surface area contributed by atoms with Crippen LogP contribution in [0.5, 0.6) is 0 Å². The standard InChI is InChI=1S/C45H27NS/c1-3-15-30-28(12-1)14-11-22-40(30)46-41-27-43-39(26-35(41)34-25-24-29-13-2-4-16-31(29)44(34)46)45(38-21-9-10-23-42(38)47-43)36-19-7-5-17-32(36)33-18-6-8-20-37(33)45/h1-27H. The Morgan fingerprint density at radius 1 is 0.404 bits per heavy atom. The van der Waals surface area contributed by atoms with Gasteiger partial charge in [-0.3, -0.25) is 0 Å². The van der Waals surface area contributed by atoms with Crippen molar-refractivity contribution in [2.45, 2.75) is 15.2 Å². The summed E-state index contributed by atoms with van der Waals surface area (Å²) in [6.45, 7) is 0. The van der Waals surface area contributed by atoms with Crippen molar-refractivity contribution >= 4 is 55.1 Å². The molecule has 0 atom stereocenters. The molecule has 1 aliphatic heterocycles. The van der Waals surface area contributed by atoms with Crippen LogP contribution in [0.2, 0.25) is 0 Å². The van der Waals surface area contributed by atoms with Gasteiger partial charge in [-0.25, -0.2) is 0 Å². The van der Waals surface area contributed by atoms with Crippen molar-refractivity contribution in [3.8, 4) is 16.8 Å². The van der Waals surface area contributed by atoms with Gasteiger partial charge < -0.3 is 4.57 Å². The zero-order chi connectivity index (χ0) is 30.7. The number of hydrogen-bond donors (Lipinski definition) is 0. The first-order chi connectivity index (χ1) is 23.3. The molecule has 11 rings (SSSR count). The molecule has 1 aromatic heterocycles. The third-order valence-corrected chi connectivity index (χ3v) is 11.8. The van der Waals surface area contributed by atoms with Gasteiger partial charge >= 0.3 is 0 Å². The zero-order valence-corrected chi connectivity index (χ0v) is 26.3. The molecule has 1 nitrogen and oxygen atoms in total. The summed E-state index contributed by atoms with van der Waals surface area (Å²) in [5, 5.41) is 7.61. The van der Waals surface area contributed by atoms with Gasteiger partial charge in [-0.1, -0.05) is 151 Å². The summed E-state index contributed by atoms with van der Waals surface area (Å²) in [4.78, 5) is 2.64. The van der Waals surface area contributed by atoms with Crippen LogP contribution in [0, 0.1) is 0 Å². The molecule has 0 saturated heterocycles. The minimum atomic E-state index is -0.400. The largest absolute Gasteiger partial charge is 0.308 e. The van der Waals surface area contributed by atoms with Gasteiger partial charge in [0.05, 0.1) is 22.1 Å². The number of aromatic nitrogens is 1. The normalized spacial score (nSPS) is 14.0. The highest BCUT2D eigenvalue weighted by Gasteiger charge is 2.50. The molecule has 0 radical (unpaired) electrons. The van der Waals surface area contributed by atoms with Gasteiger partial charge in [0.15, 0.2) is 0 Å². The van der Waals surface area contributed by atoms with Crippen LogP contribution in [-0.4, -0.2) is 4.57 Å². The first-order valence-corrected chi connectivity index (χ1v) is 17.1. The van der Waals surface area contributed by atoms with Gasteiger partial charge in [0.25, 0.3) is 0 Å². The predicted octanol–water partition coefficient (Wildman–Crippen LogP) is 11.9. The van der Waals surface area contributed by atoms with E-state index in [-0.39, 0.29) is 0 Å². The van der Waals surface area contributed by atoms with Crippen LogP contribution in [0.3, 0.4) is 0 Å². The molecule has 218 valence electrons. The molecule has 47 heavy (non-hydrogen) atoms. The molecule has 0 unspecified atom stereocenters. The fourth-order valence-electron chi connectivity index (χ4n) is 8.78. The molecule has 0 N–H and O–H groups in total. The van der Waals surface area contributed by atoms with Crippen LogP contribution in [0.1, 0.15) is 22.3 Å². The maximum absolute atomic E-state index is 2.55. The number of benzene rings is 8. The van der Waals surface area contributed by atoms with E-state index in [1.807, 2.05) is 11.8 Å². The van der Waals surface area contributed by atoms with Gasteiger partial charge in [0.1, 0.15) is 0 Å². The third kappa shape index (κ3) is 3.21. The molecule has 1 aliphatic carbocycles. The molecule has 2 aliphatic rings. The van der Waals surface area contributed by atoms with E-state index in [1.165, 1.54) is 92.2 Å². The van der Waals surface area contributed by atoms with Gasteiger partial charge in [0.2, 0.25) is 0 Å². The SMILES string of the molecule is c1ccc2c(c1)Sc1cc3c(cc1C21c2ccccc2-c2ccccc21)c1ccc2ccccc2c1n3-c1cccc2ccccc12. The number of rotatable bonds is 1. The summed E-state index contributed by atoms with van der Waals surface area (Å²) in [5.74, 6) is 0. The average Bonchev–Trinajstić information content (AvgIpc) is 3.61. The lowest BCUT2D eigenvalue weighted by molar-refractivity contribution is 0.724. The molecule has 2 heteroatoms. The lowest BCUT2D eigenvalue weighted by Crippen LogP contribution is -2.31. The van der Waals surface area contributed by atoms with Crippen LogP contribution in [0.25, 0.3) is 60.2 Å². The van der Waals surface area contributed by atoms with Crippen molar-refractivity contribution < 1.29 is 0 Å². The summed E-state index contributed by atoms with van der Waals surface area (Å²) >= 11 is 1.92. The molecular weight excluding hydrogens is 587 g/mol. The van der Waals surface area contributed by atoms with E-state index >= 15 is 0 Å². The van der Waals surface area contributed by atoms with Crippen LogP contribution in [0.4, 0.5) is 0 Å². The maximum Gasteiger partial charge on any atom is 0.0735 e. The van der Waals surface area contributed by atoms with Gasteiger partial charge in [0, 0.05) is 31.3 Å². The number of nitrogens with zero attached hydrogens (tertiary/aromatic N) is 1. The Bertz CT molecular complexity index is 2730. The minimum absolute atomic E-state index is 0.400. The first kappa shape index (κ1) is 25.6. The second-order valence-corrected chi connectivity index (χ2v) is 13.9. The summed E-state index contributed by atoms with van der Waals surface area (Å²) < 4.78 is 2.54. The van der Waals surface area contributed by atoms with E-state index in [0.717, 1.165) is 0 Å². The Hall–Kier alpha value is -5.57. The summed E-state index contributed by atoms with van der Waals surface area (Å²) in [7, 11) is 0. The van der Waals surface area contributed by atoms with E-state index in [0.29, 0.717) is 0 Å². The third-order valence-electron chi connectivity index (χ3n) is 10.6. The highest BCUT2D eigenvalue weighted by Crippen LogP contribution is 2.62. The zero-order valence-electron chi connectivity index (χ0n) is 25.4. The molecule has 2 heterocycles. The van der Waals surface area contributed by atoms with Crippen molar-refractivity contribution in [3.63, 3.8) is 0 Å². The van der Waals surface area contributed by atoms with Crippen LogP contribution < -0.4 is 0 Å². The number of hydrogen-bond acceptors (Lipinski definition) is 1. The van der Waals surface area contributed by atoms with Crippen molar-refractivity contribution in [2.75, 3.05) is 0 Å². The summed E-state index contributed by atoms with van der Waals surface area (Å²) in [6.07, 6.45) is 0. The highest BCUT2D eigenvalue weighted by atomic mass is 32.2. The van der Waals surface area contributed by atoms with Gasteiger partial charge in [-0.15, -0.1) is 0 Å². The second kappa shape index (κ2) is 9.25. The Morgan fingerprint density at radius 2 is 1.02 bits per heavy atom. The van der Waals surface area contributed by atoms with E-state index < -0.39 is 5.41 Å². The van der Waals surface area contributed by atoms with E-state index in [1.54, 1.807) is 0 Å². The minimum Gasteiger partial charge on any atom is -0.308 e. The van der Waals surface area contributed by atoms with Crippen LogP contribution >= 0.6 is 11.8 Å². The van der Waals surface area contributed by atoms with Crippen LogP contribution in [0.15, 0.2) is 174 Å². The Morgan fingerprint density at radius 3 is 1.81 bits per heavy atom.